The van der Waals surface area contributed by atoms with Gasteiger partial charge in [0, 0.05) is 18.8 Å². The van der Waals surface area contributed by atoms with Crippen LogP contribution >= 0.6 is 0 Å². The first-order valence-electron chi connectivity index (χ1n) is 8.47. The lowest BCUT2D eigenvalue weighted by molar-refractivity contribution is -0.136. The maximum absolute atomic E-state index is 13.5. The van der Waals surface area contributed by atoms with Crippen molar-refractivity contribution >= 4 is 22.6 Å². The van der Waals surface area contributed by atoms with E-state index in [0.717, 1.165) is 17.2 Å². The molecule has 1 N–H and O–H groups in total. The molecule has 6 nitrogen and oxygen atoms in total. The number of ether oxygens (including phenoxy) is 1. The number of halogens is 3. The Morgan fingerprint density at radius 2 is 1.93 bits per heavy atom. The molecule has 0 fully saturated rings. The molecule has 148 valence electrons. The lowest BCUT2D eigenvalue weighted by Crippen LogP contribution is -2.21. The Hall–Kier alpha value is -3.10. The lowest BCUT2D eigenvalue weighted by atomic mass is 10.1. The van der Waals surface area contributed by atoms with Gasteiger partial charge in [0.15, 0.2) is 12.3 Å². The minimum absolute atomic E-state index is 0.0390. The van der Waals surface area contributed by atoms with Crippen molar-refractivity contribution in [1.82, 2.24) is 14.8 Å². The van der Waals surface area contributed by atoms with Crippen LogP contribution in [0.2, 0.25) is 0 Å². The monoisotopic (exact) mass is 392 g/mol. The molecular weight excluding hydrogens is 373 g/mol. The number of nitrogens with zero attached hydrogens (tertiary/aromatic N) is 3. The molecule has 0 aliphatic rings. The molecule has 0 bridgehead atoms. The summed E-state index contributed by atoms with van der Waals surface area (Å²) in [6.07, 6.45) is -4.60. The van der Waals surface area contributed by atoms with E-state index < -0.39 is 24.3 Å². The highest BCUT2D eigenvalue weighted by molar-refractivity contribution is 5.92. The Morgan fingerprint density at radius 3 is 2.57 bits per heavy atom. The third-order valence-corrected chi connectivity index (χ3v) is 4.26. The Kier molecular flexibility index (Phi) is 5.01. The van der Waals surface area contributed by atoms with Crippen LogP contribution in [0.3, 0.4) is 0 Å². The molecule has 0 atom stereocenters. The molecule has 0 aliphatic heterocycles. The van der Waals surface area contributed by atoms with Crippen molar-refractivity contribution in [1.29, 1.82) is 0 Å². The Balaban J connectivity index is 1.82. The molecule has 3 rings (SSSR count). The number of aryl methyl sites for hydroxylation is 4. The number of alkyl halides is 3. The van der Waals surface area contributed by atoms with Crippen molar-refractivity contribution in [2.45, 2.75) is 26.9 Å². The molecule has 9 heteroatoms. The number of carbonyl (C=O) groups excluding carboxylic acids is 1. The molecule has 3 aromatic rings. The van der Waals surface area contributed by atoms with E-state index in [0.29, 0.717) is 5.69 Å². The molecule has 0 saturated heterocycles. The largest absolute Gasteiger partial charge is 0.467 e. The topological polar surface area (TPSA) is 69.0 Å². The van der Waals surface area contributed by atoms with E-state index in [1.807, 2.05) is 26.0 Å². The highest BCUT2D eigenvalue weighted by Crippen LogP contribution is 2.37. The number of anilines is 1. The second kappa shape index (κ2) is 7.14. The summed E-state index contributed by atoms with van der Waals surface area (Å²) in [7, 11) is 1.50. The molecule has 1 amide bonds. The van der Waals surface area contributed by atoms with Gasteiger partial charge in [-0.25, -0.2) is 0 Å². The maximum Gasteiger partial charge on any atom is 0.417 e. The van der Waals surface area contributed by atoms with E-state index in [-0.39, 0.29) is 22.6 Å². The van der Waals surface area contributed by atoms with Gasteiger partial charge in [-0.05, 0) is 32.4 Å². The van der Waals surface area contributed by atoms with Gasteiger partial charge in [-0.15, -0.1) is 0 Å². The second-order valence-corrected chi connectivity index (χ2v) is 6.57. The lowest BCUT2D eigenvalue weighted by Gasteiger charge is -2.12. The van der Waals surface area contributed by atoms with Crippen LogP contribution in [-0.4, -0.2) is 27.3 Å². The third kappa shape index (κ3) is 3.92. The minimum Gasteiger partial charge on any atom is -0.467 e. The number of rotatable bonds is 4. The minimum atomic E-state index is -4.60. The molecule has 0 radical (unpaired) electrons. The van der Waals surface area contributed by atoms with E-state index in [2.05, 4.69) is 15.4 Å². The zero-order valence-electron chi connectivity index (χ0n) is 15.8. The van der Waals surface area contributed by atoms with Crippen LogP contribution < -0.4 is 10.1 Å². The van der Waals surface area contributed by atoms with Gasteiger partial charge in [-0.3, -0.25) is 9.48 Å². The van der Waals surface area contributed by atoms with Crippen LogP contribution in [0.5, 0.6) is 5.88 Å². The first-order valence-corrected chi connectivity index (χ1v) is 8.47. The first-order chi connectivity index (χ1) is 13.1. The Morgan fingerprint density at radius 1 is 1.21 bits per heavy atom. The summed E-state index contributed by atoms with van der Waals surface area (Å²) in [5.74, 6) is -0.790. The number of pyridine rings is 1. The van der Waals surface area contributed by atoms with Crippen molar-refractivity contribution in [3.63, 3.8) is 0 Å². The number of benzene rings is 1. The van der Waals surface area contributed by atoms with Gasteiger partial charge >= 0.3 is 6.18 Å². The molecule has 0 saturated carbocycles. The Bertz CT molecular complexity index is 1060. The van der Waals surface area contributed by atoms with Gasteiger partial charge in [-0.1, -0.05) is 17.7 Å². The molecule has 2 aromatic heterocycles. The summed E-state index contributed by atoms with van der Waals surface area (Å²) in [5.41, 5.74) is 1.90. The first kappa shape index (κ1) is 19.7. The summed E-state index contributed by atoms with van der Waals surface area (Å²) >= 11 is 0. The summed E-state index contributed by atoms with van der Waals surface area (Å²) in [6.45, 7) is 4.79. The Labute approximate surface area is 159 Å². The molecule has 0 aliphatic carbocycles. The average Bonchev–Trinajstić information content (AvgIpc) is 2.88. The second-order valence-electron chi connectivity index (χ2n) is 6.57. The van der Waals surface area contributed by atoms with Crippen LogP contribution in [0.1, 0.15) is 22.4 Å². The fraction of sp³-hybridized carbons (Fsp3) is 0.316. The summed E-state index contributed by atoms with van der Waals surface area (Å²) < 4.78 is 46.9. The van der Waals surface area contributed by atoms with E-state index in [1.54, 1.807) is 6.07 Å². The van der Waals surface area contributed by atoms with Gasteiger partial charge < -0.3 is 10.1 Å². The van der Waals surface area contributed by atoms with E-state index >= 15 is 0 Å². The van der Waals surface area contributed by atoms with Gasteiger partial charge in [0.05, 0.1) is 16.6 Å². The number of nitrogens with one attached hydrogen (secondary N) is 1. The number of aromatic nitrogens is 3. The number of fused-ring (bicyclic) bond motifs is 1. The smallest absolute Gasteiger partial charge is 0.417 e. The molecule has 0 unspecified atom stereocenters. The molecular formula is C19H19F3N4O2. The van der Waals surface area contributed by atoms with Crippen molar-refractivity contribution in [3.8, 4) is 5.88 Å². The third-order valence-electron chi connectivity index (χ3n) is 4.26. The SMILES string of the molecule is Cc1ccc(NC(=O)COc2cc(C(F)(F)F)c3c(C)nn(C)c3n2)c(C)c1. The van der Waals surface area contributed by atoms with Crippen molar-refractivity contribution in [3.05, 3.63) is 46.6 Å². The van der Waals surface area contributed by atoms with Crippen molar-refractivity contribution in [2.75, 3.05) is 11.9 Å². The predicted molar refractivity (Wildman–Crippen MR) is 98.3 cm³/mol. The van der Waals surface area contributed by atoms with Crippen LogP contribution in [0.15, 0.2) is 24.3 Å². The molecule has 1 aromatic carbocycles. The average molecular weight is 392 g/mol. The van der Waals surface area contributed by atoms with Gasteiger partial charge in [-0.2, -0.15) is 23.3 Å². The molecule has 0 spiro atoms. The summed E-state index contributed by atoms with van der Waals surface area (Å²) in [4.78, 5) is 16.2. The predicted octanol–water partition coefficient (Wildman–Crippen LogP) is 3.93. The molecule has 2 heterocycles. The summed E-state index contributed by atoms with van der Waals surface area (Å²) in [5, 5.41) is 6.58. The number of amides is 1. The van der Waals surface area contributed by atoms with E-state index in [1.165, 1.54) is 18.7 Å². The van der Waals surface area contributed by atoms with Gasteiger partial charge in [0.1, 0.15) is 0 Å². The number of hydrogen-bond donors (Lipinski definition) is 1. The normalized spacial score (nSPS) is 11.7. The van der Waals surface area contributed by atoms with Crippen molar-refractivity contribution < 1.29 is 22.7 Å². The quantitative estimate of drug-likeness (QED) is 0.731. The molecule has 28 heavy (non-hydrogen) atoms. The van der Waals surface area contributed by atoms with Gasteiger partial charge in [0.25, 0.3) is 5.91 Å². The van der Waals surface area contributed by atoms with Crippen LogP contribution in [0, 0.1) is 20.8 Å². The van der Waals surface area contributed by atoms with Crippen molar-refractivity contribution in [2.24, 2.45) is 7.05 Å². The fourth-order valence-electron chi connectivity index (χ4n) is 3.00. The van der Waals surface area contributed by atoms with Crippen LogP contribution in [-0.2, 0) is 18.0 Å². The fourth-order valence-corrected chi connectivity index (χ4v) is 3.00. The zero-order chi connectivity index (χ0) is 20.6. The maximum atomic E-state index is 13.5. The highest BCUT2D eigenvalue weighted by atomic mass is 19.4. The van der Waals surface area contributed by atoms with E-state index in [4.69, 9.17) is 4.74 Å². The van der Waals surface area contributed by atoms with Gasteiger partial charge in [0.2, 0.25) is 5.88 Å². The summed E-state index contributed by atoms with van der Waals surface area (Å²) in [6, 6.07) is 6.31. The number of hydrogen-bond acceptors (Lipinski definition) is 4. The zero-order valence-corrected chi connectivity index (χ0v) is 15.8. The standard InChI is InChI=1S/C19H19F3N4O2/c1-10-5-6-14(11(2)7-10)23-15(27)9-28-16-8-13(19(20,21)22)17-12(3)25-26(4)18(17)24-16/h5-8H,9H2,1-4H3,(H,23,27). The van der Waals surface area contributed by atoms with Crippen LogP contribution in [0.25, 0.3) is 11.0 Å². The van der Waals surface area contributed by atoms with Crippen LogP contribution in [0.4, 0.5) is 18.9 Å². The number of carbonyl (C=O) groups is 1. The van der Waals surface area contributed by atoms with E-state index in [9.17, 15) is 18.0 Å². The highest BCUT2D eigenvalue weighted by Gasteiger charge is 2.35.